The van der Waals surface area contributed by atoms with Crippen molar-refractivity contribution < 1.29 is 13.9 Å². The van der Waals surface area contributed by atoms with Gasteiger partial charge in [0.05, 0.1) is 6.04 Å². The lowest BCUT2D eigenvalue weighted by molar-refractivity contribution is 0.171. The summed E-state index contributed by atoms with van der Waals surface area (Å²) in [5.41, 5.74) is 1.89. The average Bonchev–Trinajstić information content (AvgIpc) is 2.99. The second-order valence-corrected chi connectivity index (χ2v) is 5.41. The minimum atomic E-state index is 0.0648. The molecule has 112 valence electrons. The smallest absolute Gasteiger partial charge is 0.163 e. The number of rotatable bonds is 3. The quantitative estimate of drug-likeness (QED) is 0.779. The van der Waals surface area contributed by atoms with Crippen LogP contribution in [0.3, 0.4) is 0 Å². The molecule has 1 aromatic heterocycles. The number of hydrogen-bond donors (Lipinski definition) is 1. The third-order valence-electron chi connectivity index (χ3n) is 3.80. The largest absolute Gasteiger partial charge is 0.486 e. The minimum absolute atomic E-state index is 0.0648. The van der Waals surface area contributed by atoms with Crippen molar-refractivity contribution in [3.8, 4) is 11.5 Å². The van der Waals surface area contributed by atoms with Gasteiger partial charge in [0.2, 0.25) is 0 Å². The van der Waals surface area contributed by atoms with Crippen LogP contribution in [0.4, 0.5) is 5.69 Å². The second kappa shape index (κ2) is 5.30. The van der Waals surface area contributed by atoms with Gasteiger partial charge in [-0.3, -0.25) is 0 Å². The van der Waals surface area contributed by atoms with E-state index in [9.17, 15) is 0 Å². The van der Waals surface area contributed by atoms with Gasteiger partial charge in [0.15, 0.2) is 11.5 Å². The molecule has 4 rings (SSSR count). The molecular weight excluding hydrogens is 278 g/mol. The van der Waals surface area contributed by atoms with Crippen molar-refractivity contribution in [3.05, 3.63) is 54.3 Å². The van der Waals surface area contributed by atoms with E-state index in [0.29, 0.717) is 13.2 Å². The van der Waals surface area contributed by atoms with Crippen LogP contribution in [-0.2, 0) is 0 Å². The van der Waals surface area contributed by atoms with Crippen LogP contribution in [0.5, 0.6) is 11.5 Å². The Bertz CT molecular complexity index is 776. The molecule has 0 aliphatic carbocycles. The van der Waals surface area contributed by atoms with Crippen molar-refractivity contribution in [2.24, 2.45) is 0 Å². The Balaban J connectivity index is 1.57. The van der Waals surface area contributed by atoms with Crippen molar-refractivity contribution in [3.63, 3.8) is 0 Å². The number of anilines is 1. The molecular formula is C18H17NO3. The summed E-state index contributed by atoms with van der Waals surface area (Å²) in [6.07, 6.45) is 0. The molecule has 0 amide bonds. The fourth-order valence-corrected chi connectivity index (χ4v) is 2.67. The Labute approximate surface area is 128 Å². The van der Waals surface area contributed by atoms with Crippen molar-refractivity contribution in [2.75, 3.05) is 18.5 Å². The Hall–Kier alpha value is -2.62. The molecule has 0 saturated heterocycles. The number of para-hydroxylation sites is 1. The molecule has 4 heteroatoms. The summed E-state index contributed by atoms with van der Waals surface area (Å²) in [5, 5.41) is 4.56. The summed E-state index contributed by atoms with van der Waals surface area (Å²) in [6, 6.07) is 16.1. The van der Waals surface area contributed by atoms with Crippen molar-refractivity contribution in [1.29, 1.82) is 0 Å². The van der Waals surface area contributed by atoms with Gasteiger partial charge in [-0.1, -0.05) is 18.2 Å². The van der Waals surface area contributed by atoms with E-state index in [1.807, 2.05) is 36.4 Å². The minimum Gasteiger partial charge on any atom is -0.486 e. The highest BCUT2D eigenvalue weighted by Crippen LogP contribution is 2.34. The van der Waals surface area contributed by atoms with Crippen LogP contribution in [0.1, 0.15) is 18.7 Å². The zero-order valence-electron chi connectivity index (χ0n) is 12.3. The molecule has 0 radical (unpaired) electrons. The third-order valence-corrected chi connectivity index (χ3v) is 3.80. The van der Waals surface area contributed by atoms with Crippen LogP contribution in [0, 0.1) is 0 Å². The number of benzene rings is 2. The Morgan fingerprint density at radius 2 is 1.77 bits per heavy atom. The summed E-state index contributed by atoms with van der Waals surface area (Å²) >= 11 is 0. The Morgan fingerprint density at radius 3 is 2.64 bits per heavy atom. The fraction of sp³-hybridized carbons (Fsp3) is 0.222. The lowest BCUT2D eigenvalue weighted by atomic mass is 10.2. The van der Waals surface area contributed by atoms with E-state index >= 15 is 0 Å². The molecule has 0 saturated carbocycles. The normalized spacial score (nSPS) is 14.8. The van der Waals surface area contributed by atoms with Crippen LogP contribution in [0.2, 0.25) is 0 Å². The van der Waals surface area contributed by atoms with Gasteiger partial charge >= 0.3 is 0 Å². The lowest BCUT2D eigenvalue weighted by Crippen LogP contribution is -2.15. The molecule has 2 aromatic carbocycles. The zero-order chi connectivity index (χ0) is 14.9. The van der Waals surface area contributed by atoms with E-state index < -0.39 is 0 Å². The number of ether oxygens (including phenoxy) is 2. The Morgan fingerprint density at radius 1 is 0.955 bits per heavy atom. The first kappa shape index (κ1) is 13.1. The van der Waals surface area contributed by atoms with Gasteiger partial charge in [0.1, 0.15) is 24.6 Å². The molecule has 4 nitrogen and oxygen atoms in total. The molecule has 1 atom stereocenters. The van der Waals surface area contributed by atoms with Gasteiger partial charge in [0, 0.05) is 17.1 Å². The topological polar surface area (TPSA) is 43.6 Å². The highest BCUT2D eigenvalue weighted by atomic mass is 16.6. The summed E-state index contributed by atoms with van der Waals surface area (Å²) in [7, 11) is 0. The highest BCUT2D eigenvalue weighted by molar-refractivity contribution is 5.78. The summed E-state index contributed by atoms with van der Waals surface area (Å²) < 4.78 is 17.0. The van der Waals surface area contributed by atoms with E-state index in [-0.39, 0.29) is 6.04 Å². The number of fused-ring (bicyclic) bond motifs is 2. The predicted molar refractivity (Wildman–Crippen MR) is 85.7 cm³/mol. The third kappa shape index (κ3) is 2.37. The fourth-order valence-electron chi connectivity index (χ4n) is 2.67. The molecule has 2 heterocycles. The van der Waals surface area contributed by atoms with E-state index in [1.54, 1.807) is 0 Å². The molecule has 0 bridgehead atoms. The molecule has 22 heavy (non-hydrogen) atoms. The van der Waals surface area contributed by atoms with Gasteiger partial charge in [-0.05, 0) is 31.2 Å². The van der Waals surface area contributed by atoms with Gasteiger partial charge < -0.3 is 19.2 Å². The lowest BCUT2D eigenvalue weighted by Gasteiger charge is -2.20. The maximum Gasteiger partial charge on any atom is 0.163 e. The molecule has 3 aromatic rings. The van der Waals surface area contributed by atoms with Crippen molar-refractivity contribution >= 4 is 16.7 Å². The second-order valence-electron chi connectivity index (χ2n) is 5.41. The van der Waals surface area contributed by atoms with Crippen LogP contribution in [0.15, 0.2) is 52.9 Å². The first-order valence-electron chi connectivity index (χ1n) is 7.44. The van der Waals surface area contributed by atoms with Gasteiger partial charge in [-0.25, -0.2) is 0 Å². The van der Waals surface area contributed by atoms with Crippen molar-refractivity contribution in [1.82, 2.24) is 0 Å². The Kier molecular flexibility index (Phi) is 3.15. The molecule has 1 aliphatic heterocycles. The number of nitrogens with one attached hydrogen (secondary N) is 1. The maximum atomic E-state index is 5.90. The SMILES string of the molecule is CC(Nc1ccc2c(c1)OCCO2)c1cc2ccccc2o1. The van der Waals surface area contributed by atoms with Crippen molar-refractivity contribution in [2.45, 2.75) is 13.0 Å². The van der Waals surface area contributed by atoms with Crippen LogP contribution >= 0.6 is 0 Å². The summed E-state index contributed by atoms with van der Waals surface area (Å²) in [6.45, 7) is 3.28. The van der Waals surface area contributed by atoms with Crippen LogP contribution < -0.4 is 14.8 Å². The maximum absolute atomic E-state index is 5.90. The van der Waals surface area contributed by atoms with Gasteiger partial charge in [-0.2, -0.15) is 0 Å². The van der Waals surface area contributed by atoms with E-state index in [4.69, 9.17) is 13.9 Å². The predicted octanol–water partition coefficient (Wildman–Crippen LogP) is 4.38. The summed E-state index contributed by atoms with van der Waals surface area (Å²) in [4.78, 5) is 0. The average molecular weight is 295 g/mol. The first-order chi connectivity index (χ1) is 10.8. The van der Waals surface area contributed by atoms with Gasteiger partial charge in [-0.15, -0.1) is 0 Å². The van der Waals surface area contributed by atoms with E-state index in [1.165, 1.54) is 0 Å². The monoisotopic (exact) mass is 295 g/mol. The van der Waals surface area contributed by atoms with E-state index in [0.717, 1.165) is 33.9 Å². The highest BCUT2D eigenvalue weighted by Gasteiger charge is 2.15. The molecule has 1 N–H and O–H groups in total. The molecule has 1 aliphatic rings. The van der Waals surface area contributed by atoms with Gasteiger partial charge in [0.25, 0.3) is 0 Å². The van der Waals surface area contributed by atoms with Crippen LogP contribution in [-0.4, -0.2) is 13.2 Å². The molecule has 0 spiro atoms. The van der Waals surface area contributed by atoms with E-state index in [2.05, 4.69) is 24.4 Å². The first-order valence-corrected chi connectivity index (χ1v) is 7.44. The zero-order valence-corrected chi connectivity index (χ0v) is 12.3. The number of hydrogen-bond acceptors (Lipinski definition) is 4. The molecule has 1 unspecified atom stereocenters. The summed E-state index contributed by atoms with van der Waals surface area (Å²) in [5.74, 6) is 2.50. The molecule has 0 fully saturated rings. The number of furan rings is 1. The standard InChI is InChI=1S/C18H17NO3/c1-12(17-10-13-4-2-3-5-15(13)22-17)19-14-6-7-16-18(11-14)21-9-8-20-16/h2-7,10-12,19H,8-9H2,1H3. The van der Waals surface area contributed by atoms with Crippen LogP contribution in [0.25, 0.3) is 11.0 Å².